The standard InChI is InChI=1S/C21H20O/c22-16-20-13-7-12-19(14-17-8-3-1-4-9-17)21(20)15-18-10-5-2-6-11-18/h1-13,22H,14-16H2. The molecular weight excluding hydrogens is 268 g/mol. The van der Waals surface area contributed by atoms with E-state index in [2.05, 4.69) is 54.6 Å². The molecular formula is C21H20O. The molecule has 0 amide bonds. The van der Waals surface area contributed by atoms with Crippen molar-refractivity contribution in [3.8, 4) is 0 Å². The molecule has 110 valence electrons. The van der Waals surface area contributed by atoms with E-state index in [4.69, 9.17) is 0 Å². The quantitative estimate of drug-likeness (QED) is 0.739. The predicted octanol–water partition coefficient (Wildman–Crippen LogP) is 4.36. The van der Waals surface area contributed by atoms with Gasteiger partial charge in [0.25, 0.3) is 0 Å². The molecule has 0 aliphatic heterocycles. The van der Waals surface area contributed by atoms with Gasteiger partial charge in [-0.25, -0.2) is 0 Å². The summed E-state index contributed by atoms with van der Waals surface area (Å²) in [6.07, 6.45) is 1.76. The minimum absolute atomic E-state index is 0.0881. The first-order chi connectivity index (χ1) is 10.9. The zero-order valence-corrected chi connectivity index (χ0v) is 12.6. The van der Waals surface area contributed by atoms with Crippen LogP contribution in [0.2, 0.25) is 0 Å². The summed E-state index contributed by atoms with van der Waals surface area (Å²) in [6.45, 7) is 0.0881. The highest BCUT2D eigenvalue weighted by Gasteiger charge is 2.09. The van der Waals surface area contributed by atoms with E-state index >= 15 is 0 Å². The summed E-state index contributed by atoms with van der Waals surface area (Å²) in [5.41, 5.74) is 6.14. The SMILES string of the molecule is OCc1cccc(Cc2ccccc2)c1Cc1ccccc1. The third kappa shape index (κ3) is 3.44. The van der Waals surface area contributed by atoms with Crippen LogP contribution in [0.25, 0.3) is 0 Å². The summed E-state index contributed by atoms with van der Waals surface area (Å²) < 4.78 is 0. The summed E-state index contributed by atoms with van der Waals surface area (Å²) in [5, 5.41) is 9.69. The molecule has 3 aromatic carbocycles. The van der Waals surface area contributed by atoms with Crippen molar-refractivity contribution >= 4 is 0 Å². The van der Waals surface area contributed by atoms with E-state index < -0.39 is 0 Å². The number of benzene rings is 3. The second kappa shape index (κ2) is 7.06. The van der Waals surface area contributed by atoms with Crippen molar-refractivity contribution in [2.45, 2.75) is 19.4 Å². The molecule has 1 N–H and O–H groups in total. The summed E-state index contributed by atoms with van der Waals surface area (Å²) in [6, 6.07) is 27.2. The second-order valence-electron chi connectivity index (χ2n) is 5.54. The van der Waals surface area contributed by atoms with Gasteiger partial charge in [0, 0.05) is 0 Å². The topological polar surface area (TPSA) is 20.2 Å². The lowest BCUT2D eigenvalue weighted by Gasteiger charge is -2.14. The smallest absolute Gasteiger partial charge is 0.0684 e. The Morgan fingerprint density at radius 2 is 1.09 bits per heavy atom. The molecule has 0 atom stereocenters. The maximum Gasteiger partial charge on any atom is 0.0684 e. The number of hydrogen-bond acceptors (Lipinski definition) is 1. The Labute approximate surface area is 131 Å². The Morgan fingerprint density at radius 1 is 0.545 bits per heavy atom. The molecule has 0 bridgehead atoms. The van der Waals surface area contributed by atoms with Crippen LogP contribution in [0, 0.1) is 0 Å². The lowest BCUT2D eigenvalue weighted by Crippen LogP contribution is -2.02. The Hall–Kier alpha value is -2.38. The van der Waals surface area contributed by atoms with Crippen molar-refractivity contribution in [3.63, 3.8) is 0 Å². The molecule has 0 fully saturated rings. The van der Waals surface area contributed by atoms with Gasteiger partial charge in [0.2, 0.25) is 0 Å². The van der Waals surface area contributed by atoms with Crippen LogP contribution < -0.4 is 0 Å². The van der Waals surface area contributed by atoms with Crippen LogP contribution in [0.1, 0.15) is 27.8 Å². The van der Waals surface area contributed by atoms with E-state index in [1.165, 1.54) is 22.3 Å². The van der Waals surface area contributed by atoms with Crippen LogP contribution in [0.3, 0.4) is 0 Å². The van der Waals surface area contributed by atoms with Gasteiger partial charge in [-0.15, -0.1) is 0 Å². The normalized spacial score (nSPS) is 10.6. The lowest BCUT2D eigenvalue weighted by molar-refractivity contribution is 0.280. The Morgan fingerprint density at radius 3 is 1.68 bits per heavy atom. The van der Waals surface area contributed by atoms with Gasteiger partial charge in [-0.2, -0.15) is 0 Å². The van der Waals surface area contributed by atoms with Crippen LogP contribution in [0.5, 0.6) is 0 Å². The maximum absolute atomic E-state index is 9.69. The first kappa shape index (κ1) is 14.6. The molecule has 1 heteroatoms. The van der Waals surface area contributed by atoms with Crippen molar-refractivity contribution in [1.29, 1.82) is 0 Å². The predicted molar refractivity (Wildman–Crippen MR) is 90.9 cm³/mol. The molecule has 3 rings (SSSR count). The number of aliphatic hydroxyl groups is 1. The van der Waals surface area contributed by atoms with E-state index in [-0.39, 0.29) is 6.61 Å². The minimum atomic E-state index is 0.0881. The Kier molecular flexibility index (Phi) is 4.67. The second-order valence-corrected chi connectivity index (χ2v) is 5.54. The third-order valence-corrected chi connectivity index (χ3v) is 4.00. The zero-order valence-electron chi connectivity index (χ0n) is 12.6. The Bertz CT molecular complexity index is 717. The first-order valence-corrected chi connectivity index (χ1v) is 7.65. The largest absolute Gasteiger partial charge is 0.392 e. The highest BCUT2D eigenvalue weighted by Crippen LogP contribution is 2.22. The van der Waals surface area contributed by atoms with E-state index in [0.29, 0.717) is 0 Å². The van der Waals surface area contributed by atoms with Crippen molar-refractivity contribution in [2.75, 3.05) is 0 Å². The first-order valence-electron chi connectivity index (χ1n) is 7.65. The van der Waals surface area contributed by atoms with Crippen LogP contribution in [-0.2, 0) is 19.4 Å². The van der Waals surface area contributed by atoms with Gasteiger partial charge < -0.3 is 5.11 Å². The fraction of sp³-hybridized carbons (Fsp3) is 0.143. The van der Waals surface area contributed by atoms with Crippen molar-refractivity contribution in [2.24, 2.45) is 0 Å². The summed E-state index contributed by atoms with van der Waals surface area (Å²) in [7, 11) is 0. The zero-order chi connectivity index (χ0) is 15.2. The minimum Gasteiger partial charge on any atom is -0.392 e. The molecule has 0 aromatic heterocycles. The summed E-state index contributed by atoms with van der Waals surface area (Å²) in [5.74, 6) is 0. The molecule has 0 saturated carbocycles. The third-order valence-electron chi connectivity index (χ3n) is 4.00. The molecule has 0 spiro atoms. The van der Waals surface area contributed by atoms with Gasteiger partial charge in [-0.05, 0) is 40.7 Å². The van der Waals surface area contributed by atoms with Gasteiger partial charge in [0.1, 0.15) is 0 Å². The van der Waals surface area contributed by atoms with E-state index in [1.807, 2.05) is 24.3 Å². The Balaban J connectivity index is 1.95. The summed E-state index contributed by atoms with van der Waals surface area (Å²) in [4.78, 5) is 0. The summed E-state index contributed by atoms with van der Waals surface area (Å²) >= 11 is 0. The molecule has 1 nitrogen and oxygen atoms in total. The maximum atomic E-state index is 9.69. The molecule has 0 radical (unpaired) electrons. The molecule has 22 heavy (non-hydrogen) atoms. The van der Waals surface area contributed by atoms with Gasteiger partial charge >= 0.3 is 0 Å². The molecule has 0 aliphatic rings. The molecule has 0 heterocycles. The van der Waals surface area contributed by atoms with Gasteiger partial charge in [-0.3, -0.25) is 0 Å². The van der Waals surface area contributed by atoms with Crippen molar-refractivity contribution < 1.29 is 5.11 Å². The van der Waals surface area contributed by atoms with Crippen molar-refractivity contribution in [1.82, 2.24) is 0 Å². The fourth-order valence-electron chi connectivity index (χ4n) is 2.84. The van der Waals surface area contributed by atoms with Gasteiger partial charge in [-0.1, -0.05) is 78.9 Å². The van der Waals surface area contributed by atoms with Gasteiger partial charge in [0.15, 0.2) is 0 Å². The van der Waals surface area contributed by atoms with Crippen LogP contribution in [0.4, 0.5) is 0 Å². The van der Waals surface area contributed by atoms with E-state index in [0.717, 1.165) is 18.4 Å². The molecule has 0 aliphatic carbocycles. The highest BCUT2D eigenvalue weighted by molar-refractivity contribution is 5.41. The number of aliphatic hydroxyl groups excluding tert-OH is 1. The van der Waals surface area contributed by atoms with E-state index in [9.17, 15) is 5.11 Å². The monoisotopic (exact) mass is 288 g/mol. The average Bonchev–Trinajstić information content (AvgIpc) is 2.58. The number of rotatable bonds is 5. The molecule has 0 saturated heterocycles. The van der Waals surface area contributed by atoms with Crippen LogP contribution in [0.15, 0.2) is 78.9 Å². The van der Waals surface area contributed by atoms with Crippen LogP contribution >= 0.6 is 0 Å². The highest BCUT2D eigenvalue weighted by atomic mass is 16.3. The lowest BCUT2D eigenvalue weighted by atomic mass is 9.91. The average molecular weight is 288 g/mol. The fourth-order valence-corrected chi connectivity index (χ4v) is 2.84. The van der Waals surface area contributed by atoms with Crippen LogP contribution in [-0.4, -0.2) is 5.11 Å². The van der Waals surface area contributed by atoms with E-state index in [1.54, 1.807) is 0 Å². The van der Waals surface area contributed by atoms with Gasteiger partial charge in [0.05, 0.1) is 6.61 Å². The molecule has 0 unspecified atom stereocenters. The molecule has 3 aromatic rings. The van der Waals surface area contributed by atoms with Crippen molar-refractivity contribution in [3.05, 3.63) is 107 Å². The number of hydrogen-bond donors (Lipinski definition) is 1.